The lowest BCUT2D eigenvalue weighted by Crippen LogP contribution is -2.38. The Labute approximate surface area is 123 Å². The lowest BCUT2D eigenvalue weighted by Gasteiger charge is -2.23. The van der Waals surface area contributed by atoms with Gasteiger partial charge in [-0.3, -0.25) is 0 Å². The molecule has 6 nitrogen and oxygen atoms in total. The van der Waals surface area contributed by atoms with Crippen molar-refractivity contribution in [3.05, 3.63) is 24.0 Å². The zero-order chi connectivity index (χ0) is 15.8. The van der Waals surface area contributed by atoms with Gasteiger partial charge in [0.15, 0.2) is 9.84 Å². The van der Waals surface area contributed by atoms with E-state index < -0.39 is 30.6 Å². The number of hydrogen-bond donors (Lipinski definition) is 1. The molecule has 1 atom stereocenters. The molecule has 0 radical (unpaired) electrons. The predicted molar refractivity (Wildman–Crippen MR) is 75.7 cm³/mol. The molecule has 1 aromatic rings. The molecule has 0 aliphatic carbocycles. The van der Waals surface area contributed by atoms with Crippen LogP contribution in [0.1, 0.15) is 6.42 Å². The summed E-state index contributed by atoms with van der Waals surface area (Å²) in [6.45, 7) is 1.18. The Morgan fingerprint density at radius 2 is 1.95 bits per heavy atom. The summed E-state index contributed by atoms with van der Waals surface area (Å²) in [6.07, 6.45) is 1.57. The van der Waals surface area contributed by atoms with E-state index in [1.807, 2.05) is 0 Å². The molecule has 1 N–H and O–H groups in total. The van der Waals surface area contributed by atoms with Crippen molar-refractivity contribution in [2.45, 2.75) is 22.3 Å². The average Bonchev–Trinajstić information content (AvgIpc) is 2.90. The second-order valence-corrected chi connectivity index (χ2v) is 9.01. The standard InChI is InChI=1S/C12H17FN2O4S2/c1-15(9-5-6-14-8-9)21(18,19)12-7-10(20(2,16)17)3-4-11(12)13/h3-4,7,9,14H,5-6,8H2,1-2H3. The van der Waals surface area contributed by atoms with Gasteiger partial charge in [0, 0.05) is 25.9 Å². The smallest absolute Gasteiger partial charge is 0.246 e. The lowest BCUT2D eigenvalue weighted by atomic mass is 10.3. The number of sulfone groups is 1. The molecule has 9 heteroatoms. The minimum absolute atomic E-state index is 0.222. The van der Waals surface area contributed by atoms with Gasteiger partial charge in [-0.2, -0.15) is 4.31 Å². The third-order valence-electron chi connectivity index (χ3n) is 3.54. The van der Waals surface area contributed by atoms with Crippen molar-refractivity contribution in [3.63, 3.8) is 0 Å². The number of likely N-dealkylation sites (N-methyl/N-ethyl adjacent to an activating group) is 1. The highest BCUT2D eigenvalue weighted by Gasteiger charge is 2.32. The molecule has 1 heterocycles. The van der Waals surface area contributed by atoms with Crippen LogP contribution in [0.4, 0.5) is 4.39 Å². The molecule has 0 spiro atoms. The molecule has 1 aromatic carbocycles. The Morgan fingerprint density at radius 1 is 1.29 bits per heavy atom. The Hall–Kier alpha value is -1.03. The minimum Gasteiger partial charge on any atom is -0.315 e. The second kappa shape index (κ2) is 5.64. The number of hydrogen-bond acceptors (Lipinski definition) is 5. The topological polar surface area (TPSA) is 83.6 Å². The van der Waals surface area contributed by atoms with Gasteiger partial charge >= 0.3 is 0 Å². The number of halogens is 1. The molecular formula is C12H17FN2O4S2. The van der Waals surface area contributed by atoms with Gasteiger partial charge in [0.05, 0.1) is 4.90 Å². The van der Waals surface area contributed by atoms with Gasteiger partial charge < -0.3 is 5.32 Å². The first-order valence-corrected chi connectivity index (χ1v) is 9.65. The van der Waals surface area contributed by atoms with E-state index in [2.05, 4.69) is 5.32 Å². The first kappa shape index (κ1) is 16.3. The summed E-state index contributed by atoms with van der Waals surface area (Å²) in [5, 5.41) is 3.03. The summed E-state index contributed by atoms with van der Waals surface area (Å²) in [6, 6.07) is 2.53. The summed E-state index contributed by atoms with van der Waals surface area (Å²) in [7, 11) is -6.32. The van der Waals surface area contributed by atoms with Crippen LogP contribution < -0.4 is 5.32 Å². The zero-order valence-corrected chi connectivity index (χ0v) is 13.3. The van der Waals surface area contributed by atoms with Crippen LogP contribution in [0.15, 0.2) is 28.0 Å². The Bertz CT molecular complexity index is 741. The zero-order valence-electron chi connectivity index (χ0n) is 11.7. The summed E-state index contributed by atoms with van der Waals surface area (Å²) in [5.74, 6) is -0.958. The number of nitrogens with one attached hydrogen (secondary N) is 1. The summed E-state index contributed by atoms with van der Waals surface area (Å²) in [4.78, 5) is -0.833. The first-order valence-electron chi connectivity index (χ1n) is 6.32. The van der Waals surface area contributed by atoms with Gasteiger partial charge in [0.2, 0.25) is 10.0 Å². The van der Waals surface area contributed by atoms with E-state index in [0.29, 0.717) is 19.5 Å². The van der Waals surface area contributed by atoms with Gasteiger partial charge in [-0.25, -0.2) is 21.2 Å². The quantitative estimate of drug-likeness (QED) is 0.795. The van der Waals surface area contributed by atoms with Crippen molar-refractivity contribution in [2.24, 2.45) is 0 Å². The molecule has 0 amide bonds. The van der Waals surface area contributed by atoms with Crippen LogP contribution in [0.2, 0.25) is 0 Å². The maximum Gasteiger partial charge on any atom is 0.246 e. The fourth-order valence-corrected chi connectivity index (χ4v) is 4.41. The molecule has 0 bridgehead atoms. The van der Waals surface area contributed by atoms with E-state index in [-0.39, 0.29) is 10.9 Å². The van der Waals surface area contributed by atoms with Crippen molar-refractivity contribution < 1.29 is 21.2 Å². The second-order valence-electron chi connectivity index (χ2n) is 5.03. The summed E-state index contributed by atoms with van der Waals surface area (Å²) in [5.41, 5.74) is 0. The largest absolute Gasteiger partial charge is 0.315 e. The third-order valence-corrected chi connectivity index (χ3v) is 6.57. The fourth-order valence-electron chi connectivity index (χ4n) is 2.21. The van der Waals surface area contributed by atoms with Gasteiger partial charge in [0.25, 0.3) is 0 Å². The Balaban J connectivity index is 2.48. The van der Waals surface area contributed by atoms with E-state index in [1.165, 1.54) is 7.05 Å². The first-order chi connectivity index (χ1) is 9.64. The van der Waals surface area contributed by atoms with E-state index >= 15 is 0 Å². The Kier molecular flexibility index (Phi) is 4.39. The number of nitrogens with zero attached hydrogens (tertiary/aromatic N) is 1. The van der Waals surface area contributed by atoms with Crippen LogP contribution in [0, 0.1) is 5.82 Å². The molecule has 1 saturated heterocycles. The van der Waals surface area contributed by atoms with Gasteiger partial charge in [0.1, 0.15) is 10.7 Å². The van der Waals surface area contributed by atoms with E-state index in [1.54, 1.807) is 0 Å². The maximum absolute atomic E-state index is 13.9. The molecule has 2 rings (SSSR count). The number of rotatable bonds is 4. The van der Waals surface area contributed by atoms with Gasteiger partial charge in [-0.1, -0.05) is 0 Å². The summed E-state index contributed by atoms with van der Waals surface area (Å²) < 4.78 is 63.0. The fraction of sp³-hybridized carbons (Fsp3) is 0.500. The van der Waals surface area contributed by atoms with Crippen molar-refractivity contribution in [1.29, 1.82) is 0 Å². The SMILES string of the molecule is CN(C1CCNC1)S(=O)(=O)c1cc(S(C)(=O)=O)ccc1F. The highest BCUT2D eigenvalue weighted by molar-refractivity contribution is 7.91. The van der Waals surface area contributed by atoms with Crippen molar-refractivity contribution >= 4 is 19.9 Å². The van der Waals surface area contributed by atoms with E-state index in [9.17, 15) is 21.2 Å². The molecule has 1 fully saturated rings. The van der Waals surface area contributed by atoms with Crippen LogP contribution >= 0.6 is 0 Å². The van der Waals surface area contributed by atoms with Crippen LogP contribution in [-0.2, 0) is 19.9 Å². The maximum atomic E-state index is 13.9. The molecule has 21 heavy (non-hydrogen) atoms. The third kappa shape index (κ3) is 3.25. The van der Waals surface area contributed by atoms with Crippen LogP contribution in [0.5, 0.6) is 0 Å². The van der Waals surface area contributed by atoms with Gasteiger partial charge in [-0.05, 0) is 31.2 Å². The summed E-state index contributed by atoms with van der Waals surface area (Å²) >= 11 is 0. The van der Waals surface area contributed by atoms with Crippen LogP contribution in [0.25, 0.3) is 0 Å². The predicted octanol–water partition coefficient (Wildman–Crippen LogP) is 0.212. The van der Waals surface area contributed by atoms with Crippen molar-refractivity contribution in [2.75, 3.05) is 26.4 Å². The van der Waals surface area contributed by atoms with Crippen molar-refractivity contribution in [3.8, 4) is 0 Å². The van der Waals surface area contributed by atoms with E-state index in [0.717, 1.165) is 28.8 Å². The highest BCUT2D eigenvalue weighted by atomic mass is 32.2. The lowest BCUT2D eigenvalue weighted by molar-refractivity contribution is 0.385. The molecule has 1 unspecified atom stereocenters. The van der Waals surface area contributed by atoms with Gasteiger partial charge in [-0.15, -0.1) is 0 Å². The minimum atomic E-state index is -4.08. The van der Waals surface area contributed by atoms with Crippen LogP contribution in [-0.4, -0.2) is 53.6 Å². The molecule has 1 aliphatic rings. The molecule has 118 valence electrons. The monoisotopic (exact) mass is 336 g/mol. The van der Waals surface area contributed by atoms with Crippen LogP contribution in [0.3, 0.4) is 0 Å². The molecule has 0 aromatic heterocycles. The molecule has 1 aliphatic heterocycles. The average molecular weight is 336 g/mol. The normalized spacial score (nSPS) is 20.1. The number of benzene rings is 1. The highest BCUT2D eigenvalue weighted by Crippen LogP contribution is 2.24. The molecular weight excluding hydrogens is 319 g/mol. The Morgan fingerprint density at radius 3 is 2.48 bits per heavy atom. The molecule has 0 saturated carbocycles. The number of sulfonamides is 1. The van der Waals surface area contributed by atoms with Crippen molar-refractivity contribution in [1.82, 2.24) is 9.62 Å². The van der Waals surface area contributed by atoms with E-state index in [4.69, 9.17) is 0 Å².